The Morgan fingerprint density at radius 3 is 1.13 bits per heavy atom. The monoisotopic (exact) mass is 929 g/mol. The van der Waals surface area contributed by atoms with Gasteiger partial charge in [-0.25, -0.2) is 9.59 Å². The van der Waals surface area contributed by atoms with E-state index in [0.29, 0.717) is 0 Å². The van der Waals surface area contributed by atoms with Crippen molar-refractivity contribution in [2.24, 2.45) is 0 Å². The summed E-state index contributed by atoms with van der Waals surface area (Å²) >= 11 is 0. The summed E-state index contributed by atoms with van der Waals surface area (Å²) in [4.78, 5) is 26.8. The van der Waals surface area contributed by atoms with Gasteiger partial charge in [-0.1, -0.05) is 0 Å². The lowest BCUT2D eigenvalue weighted by Crippen LogP contribution is -2.35. The predicted molar refractivity (Wildman–Crippen MR) is 222 cm³/mol. The first kappa shape index (κ1) is 44.3. The molecule has 0 aliphatic carbocycles. The average Bonchev–Trinajstić information content (AvgIpc) is 3.27. The maximum atomic E-state index is 13.4. The third-order valence-corrected chi connectivity index (χ3v) is 11.2. The predicted octanol–water partition coefficient (Wildman–Crippen LogP) is 4.10. The lowest BCUT2D eigenvalue weighted by atomic mass is 9.88. The van der Waals surface area contributed by atoms with Crippen LogP contribution in [0.5, 0.6) is 103 Å². The van der Waals surface area contributed by atoms with Crippen molar-refractivity contribution < 1.29 is 110 Å². The summed E-state index contributed by atoms with van der Waals surface area (Å²) in [7, 11) is 0. The van der Waals surface area contributed by atoms with Crippen molar-refractivity contribution in [3.63, 3.8) is 0 Å². The zero-order chi connectivity index (χ0) is 48.5. The molecule has 2 aliphatic rings. The van der Waals surface area contributed by atoms with Crippen molar-refractivity contribution >= 4 is 11.9 Å². The molecule has 0 bridgehead atoms. The lowest BCUT2D eigenvalue weighted by molar-refractivity contribution is -0.0192. The highest BCUT2D eigenvalue weighted by Crippen LogP contribution is 2.52. The summed E-state index contributed by atoms with van der Waals surface area (Å²) in [5, 5.41) is 165. The van der Waals surface area contributed by atoms with Gasteiger partial charge in [-0.15, -0.1) is 0 Å². The van der Waals surface area contributed by atoms with E-state index < -0.39 is 159 Å². The number of aromatic hydroxyl groups is 15. The highest BCUT2D eigenvalue weighted by Gasteiger charge is 2.41. The largest absolute Gasteiger partial charge is 0.591 e. The number of hydrogen-bond donors (Lipinski definition) is 15. The zero-order valence-corrected chi connectivity index (χ0v) is 33.9. The van der Waals surface area contributed by atoms with E-state index in [-0.39, 0.29) is 44.9 Å². The molecule has 6 aromatic rings. The van der Waals surface area contributed by atoms with Crippen molar-refractivity contribution in [3.05, 3.63) is 105 Å². The average molecular weight is 930 g/mol. The van der Waals surface area contributed by atoms with E-state index in [0.717, 1.165) is 60.7 Å². The molecule has 17 N–H and O–H groups in total. The molecule has 0 spiro atoms. The minimum absolute atomic E-state index is 0.0789. The van der Waals surface area contributed by atoms with Crippen LogP contribution in [0, 0.1) is 0 Å². The first-order valence-corrected chi connectivity index (χ1v) is 19.5. The summed E-state index contributed by atoms with van der Waals surface area (Å²) in [6.45, 7) is 0. The fraction of sp³-hybridized carbons (Fsp3) is 0.156. The number of ether oxygens (including phenoxy) is 4. The molecule has 0 unspecified atom stereocenters. The van der Waals surface area contributed by atoms with Crippen LogP contribution in [0.3, 0.4) is 0 Å². The normalized spacial score (nSPS) is 17.3. The van der Waals surface area contributed by atoms with E-state index in [1.165, 1.54) is 0 Å². The fourth-order valence-electron chi connectivity index (χ4n) is 7.83. The van der Waals surface area contributed by atoms with Crippen LogP contribution in [0.15, 0.2) is 60.7 Å². The van der Waals surface area contributed by atoms with Crippen LogP contribution in [-0.2, 0) is 28.7 Å². The number of hydrogen-bond acceptors (Lipinski definition) is 21. The van der Waals surface area contributed by atoms with Gasteiger partial charge >= 0.3 is 17.7 Å². The SMILES string of the molecule is O=C(O[C@@H]1Cc2c(cc(O)c(Cc3c(O)cc4c(c3O)C[C@@H](OC(=O)c3cc(O)c(O)c([OH2+])c3)[C@@H](c3cc(O)c(O)c(O)c3)O4)c2O)O[C@@H]1c1cc(O)c(O)c(O)c1)c1cc(O)c(O)c(O)c1. The van der Waals surface area contributed by atoms with Gasteiger partial charge in [-0.3, -0.25) is 0 Å². The third kappa shape index (κ3) is 7.87. The molecule has 67 heavy (non-hydrogen) atoms. The summed E-state index contributed by atoms with van der Waals surface area (Å²) in [5.74, 6) is -15.5. The molecule has 0 aromatic heterocycles. The first-order valence-electron chi connectivity index (χ1n) is 19.5. The van der Waals surface area contributed by atoms with Crippen molar-refractivity contribution in [2.45, 2.75) is 43.7 Å². The molecule has 2 aliphatic heterocycles. The minimum Gasteiger partial charge on any atom is -0.591 e. The summed E-state index contributed by atoms with van der Waals surface area (Å²) < 4.78 is 23.5. The highest BCUT2D eigenvalue weighted by atomic mass is 16.6. The first-order chi connectivity index (χ1) is 31.6. The molecule has 22 nitrogen and oxygen atoms in total. The Hall–Kier alpha value is -9.34. The molecule has 348 valence electrons. The maximum Gasteiger partial charge on any atom is 0.339 e. The van der Waals surface area contributed by atoms with Crippen molar-refractivity contribution in [3.8, 4) is 103 Å². The van der Waals surface area contributed by atoms with Gasteiger partial charge in [0.1, 0.15) is 46.7 Å². The van der Waals surface area contributed by atoms with Gasteiger partial charge in [0.25, 0.3) is 5.75 Å². The molecule has 6 aromatic carbocycles. The number of fused-ring (bicyclic) bond motifs is 2. The van der Waals surface area contributed by atoms with Crippen LogP contribution < -0.4 is 9.47 Å². The summed E-state index contributed by atoms with van der Waals surface area (Å²) in [6.07, 6.45) is -7.46. The molecule has 0 amide bonds. The molecule has 0 saturated carbocycles. The maximum absolute atomic E-state index is 13.4. The van der Waals surface area contributed by atoms with E-state index in [4.69, 9.17) is 24.1 Å². The molecule has 2 heterocycles. The number of phenols is 15. The van der Waals surface area contributed by atoms with Gasteiger partial charge in [0.05, 0.1) is 17.2 Å². The second-order valence-electron chi connectivity index (χ2n) is 15.5. The molecule has 4 atom stereocenters. The Morgan fingerprint density at radius 1 is 0.448 bits per heavy atom. The van der Waals surface area contributed by atoms with Crippen LogP contribution >= 0.6 is 0 Å². The molecule has 0 radical (unpaired) electrons. The summed E-state index contributed by atoms with van der Waals surface area (Å²) in [6, 6.07) is 9.25. The quantitative estimate of drug-likeness (QED) is 0.0580. The van der Waals surface area contributed by atoms with E-state index >= 15 is 0 Å². The number of carbonyl (C=O) groups is 2. The molecule has 0 saturated heterocycles. The Balaban J connectivity index is 1.16. The fourth-order valence-corrected chi connectivity index (χ4v) is 7.83. The highest BCUT2D eigenvalue weighted by molar-refractivity contribution is 5.92. The topological polar surface area (TPSA) is 397 Å². The number of carbonyl (C=O) groups excluding carboxylic acids is 2. The van der Waals surface area contributed by atoms with Gasteiger partial charge < -0.3 is 101 Å². The zero-order valence-electron chi connectivity index (χ0n) is 33.9. The Bertz CT molecular complexity index is 2760. The number of benzene rings is 6. The van der Waals surface area contributed by atoms with E-state index in [1.54, 1.807) is 0 Å². The van der Waals surface area contributed by atoms with Crippen molar-refractivity contribution in [2.75, 3.05) is 0 Å². The molecular weight excluding hydrogens is 892 g/mol. The number of phenolic OH excluding ortho intramolecular Hbond substituents is 15. The molecule has 0 fully saturated rings. The van der Waals surface area contributed by atoms with E-state index in [9.17, 15) is 86.2 Å². The summed E-state index contributed by atoms with van der Waals surface area (Å²) in [5.41, 5.74) is -1.95. The smallest absolute Gasteiger partial charge is 0.339 e. The minimum atomic E-state index is -1.50. The van der Waals surface area contributed by atoms with E-state index in [1.807, 2.05) is 0 Å². The van der Waals surface area contributed by atoms with Crippen LogP contribution in [-0.4, -0.2) is 106 Å². The van der Waals surface area contributed by atoms with Crippen LogP contribution in [0.25, 0.3) is 0 Å². The Kier molecular flexibility index (Phi) is 10.8. The van der Waals surface area contributed by atoms with Crippen molar-refractivity contribution in [1.82, 2.24) is 0 Å². The number of esters is 2. The standard InChI is InChI=1S/C45H36O22/c46-22-12-32-20(10-34(42(64-32)14-1-24(48)38(58)25(49)2-14)66-44(62)16-5-28(52)40(60)29(53)6-16)36(56)18(22)9-19-23(47)13-33-21(37(19)57)11-35(43(65-33)15-3-26(50)39(59)27(51)4-15)67-45(63)17-7-30(54)41(61)31(55)8-17/h1-8,12-13,34-35,42-43,46-61H,9-11H2/p+1/t34-,35-,42-,43-/m1/s1. The van der Waals surface area contributed by atoms with Gasteiger partial charge in [-0.05, 0) is 42.5 Å². The molecule has 22 heteroatoms. The van der Waals surface area contributed by atoms with Gasteiger partial charge in [0.2, 0.25) is 0 Å². The van der Waals surface area contributed by atoms with Gasteiger partial charge in [0, 0.05) is 64.8 Å². The Morgan fingerprint density at radius 2 is 0.776 bits per heavy atom. The molecular formula is C45H37O22+. The third-order valence-electron chi connectivity index (χ3n) is 11.2. The van der Waals surface area contributed by atoms with Gasteiger partial charge in [0.15, 0.2) is 69.7 Å². The second kappa shape index (κ2) is 16.3. The Labute approximate surface area is 373 Å². The van der Waals surface area contributed by atoms with Crippen LogP contribution in [0.2, 0.25) is 0 Å². The van der Waals surface area contributed by atoms with Crippen LogP contribution in [0.1, 0.15) is 66.3 Å². The second-order valence-corrected chi connectivity index (χ2v) is 15.5. The van der Waals surface area contributed by atoms with Crippen molar-refractivity contribution in [1.29, 1.82) is 0 Å². The van der Waals surface area contributed by atoms with Crippen LogP contribution in [0.4, 0.5) is 0 Å². The lowest BCUT2D eigenvalue weighted by Gasteiger charge is -2.35. The number of rotatable bonds is 8. The molecule has 8 rings (SSSR count). The van der Waals surface area contributed by atoms with E-state index in [2.05, 4.69) is 0 Å². The van der Waals surface area contributed by atoms with Gasteiger partial charge in [-0.2, -0.15) is 0 Å².